The Morgan fingerprint density at radius 3 is 3.00 bits per heavy atom. The summed E-state index contributed by atoms with van der Waals surface area (Å²) in [7, 11) is -3.53. The van der Waals surface area contributed by atoms with Gasteiger partial charge in [-0.2, -0.15) is 4.31 Å². The van der Waals surface area contributed by atoms with Crippen molar-refractivity contribution in [3.05, 3.63) is 24.4 Å². The molecule has 3 N–H and O–H groups in total. The predicted octanol–water partition coefficient (Wildman–Crippen LogP) is 1.16. The zero-order valence-corrected chi connectivity index (χ0v) is 12.0. The predicted molar refractivity (Wildman–Crippen MR) is 76.9 cm³/mol. The average Bonchev–Trinajstić information content (AvgIpc) is 2.82. The Bertz CT molecular complexity index is 738. The van der Waals surface area contributed by atoms with E-state index in [2.05, 4.69) is 4.98 Å². The molecular weight excluding hydrogens is 278 g/mol. The van der Waals surface area contributed by atoms with E-state index in [-0.39, 0.29) is 11.0 Å². The van der Waals surface area contributed by atoms with Crippen LogP contribution < -0.4 is 5.73 Å². The van der Waals surface area contributed by atoms with Crippen molar-refractivity contribution >= 4 is 26.6 Å². The Labute approximate surface area is 117 Å². The number of H-pyrrole nitrogens is 1. The summed E-state index contributed by atoms with van der Waals surface area (Å²) in [5, 5.41) is 0.629. The number of sulfonamides is 1. The van der Waals surface area contributed by atoms with Gasteiger partial charge < -0.3 is 15.5 Å². The maximum absolute atomic E-state index is 12.7. The van der Waals surface area contributed by atoms with E-state index < -0.39 is 10.0 Å². The second kappa shape index (κ2) is 4.76. The van der Waals surface area contributed by atoms with Crippen LogP contribution in [0.4, 0.5) is 5.69 Å². The number of benzene rings is 1. The van der Waals surface area contributed by atoms with Crippen molar-refractivity contribution in [1.29, 1.82) is 0 Å². The van der Waals surface area contributed by atoms with Crippen molar-refractivity contribution in [2.24, 2.45) is 0 Å². The molecule has 1 aliphatic rings. The van der Waals surface area contributed by atoms with Crippen LogP contribution in [0.15, 0.2) is 29.3 Å². The number of nitrogen functional groups attached to an aromatic ring is 1. The van der Waals surface area contributed by atoms with Crippen molar-refractivity contribution in [2.45, 2.75) is 17.9 Å². The fraction of sp³-hybridized carbons (Fsp3) is 0.385. The zero-order chi connectivity index (χ0) is 14.3. The first-order valence-corrected chi connectivity index (χ1v) is 7.91. The molecule has 0 spiro atoms. The third-order valence-electron chi connectivity index (χ3n) is 3.49. The number of hydrogen-bond donors (Lipinski definition) is 2. The van der Waals surface area contributed by atoms with Crippen LogP contribution in [0.1, 0.15) is 6.92 Å². The van der Waals surface area contributed by atoms with Gasteiger partial charge in [0.15, 0.2) is 0 Å². The first-order valence-electron chi connectivity index (χ1n) is 6.47. The SMILES string of the molecule is CC1CN(S(=O)(=O)c2c[nH]c3ccc(N)cc23)CCO1. The van der Waals surface area contributed by atoms with Gasteiger partial charge in [-0.05, 0) is 25.1 Å². The molecule has 1 aliphatic heterocycles. The molecule has 0 bridgehead atoms. The number of morpholine rings is 1. The van der Waals surface area contributed by atoms with Crippen LogP contribution in [-0.2, 0) is 14.8 Å². The summed E-state index contributed by atoms with van der Waals surface area (Å²) in [5.41, 5.74) is 7.06. The monoisotopic (exact) mass is 295 g/mol. The summed E-state index contributed by atoms with van der Waals surface area (Å²) in [4.78, 5) is 3.25. The van der Waals surface area contributed by atoms with E-state index in [1.165, 1.54) is 10.5 Å². The van der Waals surface area contributed by atoms with Gasteiger partial charge in [0.25, 0.3) is 0 Å². The van der Waals surface area contributed by atoms with E-state index >= 15 is 0 Å². The third-order valence-corrected chi connectivity index (χ3v) is 5.39. The highest BCUT2D eigenvalue weighted by atomic mass is 32.2. The number of aromatic amines is 1. The van der Waals surface area contributed by atoms with E-state index in [0.29, 0.717) is 30.8 Å². The number of rotatable bonds is 2. The summed E-state index contributed by atoms with van der Waals surface area (Å²) in [6, 6.07) is 5.21. The second-order valence-electron chi connectivity index (χ2n) is 5.00. The van der Waals surface area contributed by atoms with Gasteiger partial charge in [-0.25, -0.2) is 8.42 Å². The Kier molecular flexibility index (Phi) is 3.19. The number of anilines is 1. The van der Waals surface area contributed by atoms with Gasteiger partial charge in [0.2, 0.25) is 10.0 Å². The molecule has 2 aromatic rings. The van der Waals surface area contributed by atoms with Gasteiger partial charge in [0.1, 0.15) is 4.90 Å². The average molecular weight is 295 g/mol. The van der Waals surface area contributed by atoms with Crippen molar-refractivity contribution < 1.29 is 13.2 Å². The molecule has 0 saturated carbocycles. The minimum atomic E-state index is -3.53. The van der Waals surface area contributed by atoms with Crippen LogP contribution in [0.3, 0.4) is 0 Å². The molecule has 0 aliphatic carbocycles. The number of nitrogens with zero attached hydrogens (tertiary/aromatic N) is 1. The fourth-order valence-corrected chi connectivity index (χ4v) is 4.12. The van der Waals surface area contributed by atoms with Gasteiger partial charge in [-0.1, -0.05) is 0 Å². The number of nitrogens with one attached hydrogen (secondary N) is 1. The van der Waals surface area contributed by atoms with E-state index in [1.807, 2.05) is 6.92 Å². The van der Waals surface area contributed by atoms with E-state index in [4.69, 9.17) is 10.5 Å². The van der Waals surface area contributed by atoms with Crippen molar-refractivity contribution in [2.75, 3.05) is 25.4 Å². The van der Waals surface area contributed by atoms with Crippen LogP contribution in [0, 0.1) is 0 Å². The highest BCUT2D eigenvalue weighted by molar-refractivity contribution is 7.89. The number of ether oxygens (including phenoxy) is 1. The van der Waals surface area contributed by atoms with Gasteiger partial charge in [0.05, 0.1) is 12.7 Å². The quantitative estimate of drug-likeness (QED) is 0.814. The molecule has 20 heavy (non-hydrogen) atoms. The summed E-state index contributed by atoms with van der Waals surface area (Å²) in [5.74, 6) is 0. The first kappa shape index (κ1) is 13.4. The van der Waals surface area contributed by atoms with Crippen molar-refractivity contribution in [1.82, 2.24) is 9.29 Å². The van der Waals surface area contributed by atoms with E-state index in [1.54, 1.807) is 18.2 Å². The van der Waals surface area contributed by atoms with Crippen molar-refractivity contribution in [3.63, 3.8) is 0 Å². The lowest BCUT2D eigenvalue weighted by Gasteiger charge is -2.30. The van der Waals surface area contributed by atoms with Crippen LogP contribution in [0.25, 0.3) is 10.9 Å². The number of fused-ring (bicyclic) bond motifs is 1. The second-order valence-corrected chi connectivity index (χ2v) is 6.91. The molecule has 7 heteroatoms. The Morgan fingerprint density at radius 1 is 1.45 bits per heavy atom. The lowest BCUT2D eigenvalue weighted by atomic mass is 10.2. The Morgan fingerprint density at radius 2 is 2.25 bits per heavy atom. The molecule has 0 radical (unpaired) electrons. The summed E-state index contributed by atoms with van der Waals surface area (Å²) < 4.78 is 32.3. The molecule has 3 rings (SSSR count). The van der Waals surface area contributed by atoms with Crippen LogP contribution in [0.5, 0.6) is 0 Å². The van der Waals surface area contributed by atoms with E-state index in [0.717, 1.165) is 5.52 Å². The molecule has 1 saturated heterocycles. The first-order chi connectivity index (χ1) is 9.48. The standard InChI is InChI=1S/C13H17N3O3S/c1-9-8-16(4-5-19-9)20(17,18)13-7-15-12-3-2-10(14)6-11(12)13/h2-3,6-7,9,15H,4-5,8,14H2,1H3. The smallest absolute Gasteiger partial charge is 0.245 e. The van der Waals surface area contributed by atoms with Gasteiger partial charge in [0, 0.05) is 35.9 Å². The molecule has 1 aromatic carbocycles. The molecule has 6 nitrogen and oxygen atoms in total. The fourth-order valence-electron chi connectivity index (χ4n) is 2.47. The topological polar surface area (TPSA) is 88.4 Å². The molecular formula is C13H17N3O3S. The van der Waals surface area contributed by atoms with Crippen LogP contribution in [0.2, 0.25) is 0 Å². The molecule has 1 fully saturated rings. The van der Waals surface area contributed by atoms with Gasteiger partial charge in [-0.3, -0.25) is 0 Å². The largest absolute Gasteiger partial charge is 0.399 e. The zero-order valence-electron chi connectivity index (χ0n) is 11.2. The lowest BCUT2D eigenvalue weighted by molar-refractivity contribution is 0.0102. The Balaban J connectivity index is 2.07. The molecule has 0 amide bonds. The van der Waals surface area contributed by atoms with Gasteiger partial charge >= 0.3 is 0 Å². The highest BCUT2D eigenvalue weighted by Gasteiger charge is 2.30. The molecule has 108 valence electrons. The molecule has 1 atom stereocenters. The molecule has 1 aromatic heterocycles. The number of hydrogen-bond acceptors (Lipinski definition) is 4. The summed E-state index contributed by atoms with van der Waals surface area (Å²) in [6.45, 7) is 3.04. The summed E-state index contributed by atoms with van der Waals surface area (Å²) in [6.07, 6.45) is 1.44. The number of aromatic nitrogens is 1. The number of nitrogens with two attached hydrogens (primary N) is 1. The van der Waals surface area contributed by atoms with Crippen LogP contribution >= 0.6 is 0 Å². The maximum Gasteiger partial charge on any atom is 0.245 e. The lowest BCUT2D eigenvalue weighted by Crippen LogP contribution is -2.44. The minimum Gasteiger partial charge on any atom is -0.399 e. The maximum atomic E-state index is 12.7. The highest BCUT2D eigenvalue weighted by Crippen LogP contribution is 2.28. The normalized spacial score (nSPS) is 21.4. The van der Waals surface area contributed by atoms with Crippen LogP contribution in [-0.4, -0.2) is 43.5 Å². The molecule has 1 unspecified atom stereocenters. The Hall–Kier alpha value is -1.57. The van der Waals surface area contributed by atoms with Gasteiger partial charge in [-0.15, -0.1) is 0 Å². The minimum absolute atomic E-state index is 0.0891. The van der Waals surface area contributed by atoms with E-state index in [9.17, 15) is 8.42 Å². The summed E-state index contributed by atoms with van der Waals surface area (Å²) >= 11 is 0. The van der Waals surface area contributed by atoms with Crippen molar-refractivity contribution in [3.8, 4) is 0 Å². The third kappa shape index (κ3) is 2.17. The molecule has 2 heterocycles.